The molecular formula is C94H163Cl2N29O16. The molecule has 0 aromatic carbocycles. The molecule has 10 N–H and O–H groups in total. The van der Waals surface area contributed by atoms with Crippen LogP contribution in [0, 0.1) is 17.8 Å². The van der Waals surface area contributed by atoms with Gasteiger partial charge in [0.25, 0.3) is 0 Å². The number of anilines is 9. The molecule has 794 valence electrons. The zero-order valence-electron chi connectivity index (χ0n) is 88.1. The van der Waals surface area contributed by atoms with Crippen LogP contribution >= 0.6 is 23.2 Å². The van der Waals surface area contributed by atoms with Crippen molar-refractivity contribution >= 4 is 125 Å². The molecule has 3 fully saturated rings. The lowest BCUT2D eigenvalue weighted by Gasteiger charge is -2.34. The molecule has 0 saturated carbocycles. The van der Waals surface area contributed by atoms with Crippen molar-refractivity contribution < 1.29 is 76.3 Å². The molecule has 8 amide bonds. The summed E-state index contributed by atoms with van der Waals surface area (Å²) >= 11 is 12.5. The van der Waals surface area contributed by atoms with Crippen LogP contribution in [0.5, 0.6) is 0 Å². The fraction of sp³-hybridized carbons (Fsp3) is 0.787. The van der Waals surface area contributed by atoms with E-state index in [9.17, 15) is 38.4 Å². The van der Waals surface area contributed by atoms with Crippen molar-refractivity contribution in [1.82, 2.24) is 102 Å². The van der Waals surface area contributed by atoms with Crippen molar-refractivity contribution in [3.63, 3.8) is 0 Å². The molecule has 3 aliphatic rings. The minimum absolute atomic E-state index is 0.0377. The van der Waals surface area contributed by atoms with E-state index in [1.165, 1.54) is 0 Å². The number of piperidine rings is 3. The van der Waals surface area contributed by atoms with Crippen LogP contribution in [0.15, 0.2) is 0 Å². The molecular weight excluding hydrogens is 1860 g/mol. The average molecular weight is 2030 g/mol. The Hall–Kier alpha value is -11.0. The van der Waals surface area contributed by atoms with Crippen LogP contribution in [0.4, 0.5) is 91.9 Å². The van der Waals surface area contributed by atoms with Gasteiger partial charge in [-0.05, 0) is 297 Å². The summed E-state index contributed by atoms with van der Waals surface area (Å²) in [4.78, 5) is 178. The monoisotopic (exact) mass is 2020 g/mol. The van der Waals surface area contributed by atoms with Gasteiger partial charge in [-0.3, -0.25) is 0 Å². The van der Waals surface area contributed by atoms with E-state index in [1.54, 1.807) is 166 Å². The van der Waals surface area contributed by atoms with E-state index in [0.29, 0.717) is 248 Å². The average Bonchev–Trinajstić information content (AvgIpc) is 0.808. The van der Waals surface area contributed by atoms with Crippen LogP contribution in [-0.2, 0) is 44.3 Å². The Morgan fingerprint density at radius 2 is 0.461 bits per heavy atom. The Kier molecular flexibility index (Phi) is 45.6. The Bertz CT molecular complexity index is 3980. The smallest absolute Gasteiger partial charge is 0.407 e. The van der Waals surface area contributed by atoms with Gasteiger partial charge in [-0.25, -0.2) is 48.3 Å². The SMILES string of the molecule is CC(C)(C)OC(=O)NCCCN(CCCNC(=O)OC(C)(C)C)c1nc(N(CCCNC(=O)OC(C)(C)C)CCCNC(=O)OC(C)(C)C)nc(N2CCC(CNc3nc(NCC4CCN(c5nc(N(CCCNC(=O)OC(C)(C)C)CCCNC(=O)OC(C)(C)C)nc(N(CCCNC(=O)OC(C)(C)C)CCCNC(=O)OC(C)(C)C)n5)CC4)nc(N4CCC(Cc5nc(Cl)nc(Cl)n5)CC4)n3)CC2)n1. The molecule has 0 unspecified atom stereocenters. The summed E-state index contributed by atoms with van der Waals surface area (Å²) in [5.74, 6) is 4.57. The standard InChI is InChI=1S/C94H163Cl2N29O16/c1-87(2,3)134-79(126)97-39-25-47-119(48-26-40-98-80(127)135-88(4,5)6)73-113-74(120(49-27-41-99-81(128)136-89(7,8)9)50-28-42-100-82(129)137-90(10,11)12)116-77(115-73)124-57-35-65(36-58-124)62-105-70-110-71(112-72(111-70)123-55-33-64(34-56-123)61-67-107-68(95)109-69(96)108-67)106-63-66-37-59-125(60-38-66)78-117-75(121(51-29-43-101-83(130)138-91(13,14)15)52-30-44-102-84(131)139-92(16,17)18)114-76(118-78)122(53-31-45-103-85(132)140-93(19,20)21)54-32-46-104-86(133)141-94(22,23)24/h64-66H,25-63H2,1-24H3,(H,97,126)(H,98,127)(H,99,128)(H,100,129)(H,101,130)(H,102,131)(H,103,132)(H,104,133)(H2,105,106,110,111,112). The second kappa shape index (κ2) is 55.0. The van der Waals surface area contributed by atoms with Crippen LogP contribution in [-0.4, -0.2) is 310 Å². The number of ether oxygens (including phenoxy) is 8. The van der Waals surface area contributed by atoms with E-state index in [-0.39, 0.29) is 80.7 Å². The maximum atomic E-state index is 13.0. The lowest BCUT2D eigenvalue weighted by molar-refractivity contribution is 0.0515. The molecule has 3 saturated heterocycles. The maximum Gasteiger partial charge on any atom is 0.407 e. The van der Waals surface area contributed by atoms with Gasteiger partial charge in [0.15, 0.2) is 0 Å². The fourth-order valence-corrected chi connectivity index (χ4v) is 15.2. The van der Waals surface area contributed by atoms with Gasteiger partial charge < -0.3 is 125 Å². The highest BCUT2D eigenvalue weighted by molar-refractivity contribution is 6.31. The minimum Gasteiger partial charge on any atom is -0.444 e. The third kappa shape index (κ3) is 49.5. The van der Waals surface area contributed by atoms with Crippen molar-refractivity contribution in [1.29, 1.82) is 0 Å². The summed E-state index contributed by atoms with van der Waals surface area (Å²) in [5, 5.41) is 30.4. The molecule has 4 aromatic rings. The number of rotatable bonds is 47. The van der Waals surface area contributed by atoms with Crippen LogP contribution in [0.2, 0.25) is 10.6 Å². The summed E-state index contributed by atoms with van der Waals surface area (Å²) in [7, 11) is 0. The van der Waals surface area contributed by atoms with Crippen molar-refractivity contribution in [2.75, 3.05) is 202 Å². The molecule has 45 nitrogen and oxygen atoms in total. The van der Waals surface area contributed by atoms with Crippen molar-refractivity contribution in [3.8, 4) is 0 Å². The number of nitrogens with one attached hydrogen (secondary N) is 10. The second-order valence-corrected chi connectivity index (χ2v) is 44.2. The number of halogens is 2. The number of carbonyl (C=O) groups excluding carboxylic acids is 8. The Morgan fingerprint density at radius 3 is 0.660 bits per heavy atom. The predicted octanol–water partition coefficient (Wildman–Crippen LogP) is 13.4. The van der Waals surface area contributed by atoms with Crippen LogP contribution < -0.4 is 87.5 Å². The first kappa shape index (κ1) is 117. The van der Waals surface area contributed by atoms with Gasteiger partial charge in [0.2, 0.25) is 64.1 Å². The Labute approximate surface area is 843 Å². The zero-order chi connectivity index (χ0) is 104. The number of aromatic nitrogens is 12. The van der Waals surface area contributed by atoms with Gasteiger partial charge >= 0.3 is 48.7 Å². The summed E-state index contributed by atoms with van der Waals surface area (Å²) in [5.41, 5.74) is -5.72. The van der Waals surface area contributed by atoms with Gasteiger partial charge in [-0.15, -0.1) is 0 Å². The van der Waals surface area contributed by atoms with Crippen molar-refractivity contribution in [2.24, 2.45) is 17.8 Å². The molecule has 141 heavy (non-hydrogen) atoms. The summed E-state index contributed by atoms with van der Waals surface area (Å²) < 4.78 is 44.6. The number of carbonyl (C=O) groups is 8. The molecule has 0 bridgehead atoms. The highest BCUT2D eigenvalue weighted by Crippen LogP contribution is 2.32. The second-order valence-electron chi connectivity index (χ2n) is 43.5. The molecule has 4 aromatic heterocycles. The van der Waals surface area contributed by atoms with E-state index < -0.39 is 93.6 Å². The van der Waals surface area contributed by atoms with E-state index in [2.05, 4.69) is 82.8 Å². The van der Waals surface area contributed by atoms with E-state index >= 15 is 0 Å². The molecule has 7 rings (SSSR count). The lowest BCUT2D eigenvalue weighted by Crippen LogP contribution is -2.40. The quantitative estimate of drug-likeness (QED) is 0.0145. The number of amides is 8. The molecule has 0 atom stereocenters. The van der Waals surface area contributed by atoms with Gasteiger partial charge in [0.1, 0.15) is 50.6 Å². The molecule has 3 aliphatic heterocycles. The first-order chi connectivity index (χ1) is 65.9. The van der Waals surface area contributed by atoms with Crippen molar-refractivity contribution in [3.05, 3.63) is 16.4 Å². The highest BCUT2D eigenvalue weighted by Gasteiger charge is 2.33. The lowest BCUT2D eigenvalue weighted by atomic mass is 9.93. The Morgan fingerprint density at radius 1 is 0.270 bits per heavy atom. The largest absolute Gasteiger partial charge is 0.444 e. The predicted molar refractivity (Wildman–Crippen MR) is 545 cm³/mol. The number of nitrogens with zero attached hydrogens (tertiary/aromatic N) is 19. The Balaban J connectivity index is 1.19. The van der Waals surface area contributed by atoms with Gasteiger partial charge in [-0.1, -0.05) is 0 Å². The molecule has 0 spiro atoms. The maximum absolute atomic E-state index is 13.0. The summed E-state index contributed by atoms with van der Waals surface area (Å²) in [6, 6.07) is 0. The van der Waals surface area contributed by atoms with E-state index in [4.69, 9.17) is 106 Å². The van der Waals surface area contributed by atoms with Gasteiger partial charge in [0, 0.05) is 163 Å². The molecule has 47 heteroatoms. The third-order valence-electron chi connectivity index (χ3n) is 21.0. The number of hydrogen-bond acceptors (Lipinski definition) is 37. The van der Waals surface area contributed by atoms with Gasteiger partial charge in [0.05, 0.1) is 0 Å². The molecule has 0 aliphatic carbocycles. The van der Waals surface area contributed by atoms with Crippen LogP contribution in [0.3, 0.4) is 0 Å². The van der Waals surface area contributed by atoms with Gasteiger partial charge in [-0.2, -0.15) is 49.8 Å². The minimum atomic E-state index is -0.715. The molecule has 7 heterocycles. The summed E-state index contributed by atoms with van der Waals surface area (Å²) in [6.45, 7) is 52.8. The fourth-order valence-electron chi connectivity index (χ4n) is 14.8. The third-order valence-corrected chi connectivity index (χ3v) is 21.4. The summed E-state index contributed by atoms with van der Waals surface area (Å²) in [6.07, 6.45) is 4.20. The number of alkyl carbamates (subject to hydrolysis) is 8. The van der Waals surface area contributed by atoms with E-state index in [1.807, 2.05) is 19.6 Å². The van der Waals surface area contributed by atoms with E-state index in [0.717, 1.165) is 12.8 Å². The molecule has 0 radical (unpaired) electrons. The normalized spacial score (nSPS) is 14.4. The number of hydrogen-bond donors (Lipinski definition) is 10. The van der Waals surface area contributed by atoms with Crippen LogP contribution in [0.1, 0.15) is 262 Å². The first-order valence-corrected chi connectivity index (χ1v) is 50.5. The highest BCUT2D eigenvalue weighted by atomic mass is 35.5. The van der Waals surface area contributed by atoms with Crippen molar-refractivity contribution in [2.45, 2.75) is 307 Å². The first-order valence-electron chi connectivity index (χ1n) is 49.7. The topological polar surface area (TPSA) is 508 Å². The van der Waals surface area contributed by atoms with Crippen LogP contribution in [0.25, 0.3) is 0 Å². The zero-order valence-corrected chi connectivity index (χ0v) is 89.6.